The molecule has 0 amide bonds. The summed E-state index contributed by atoms with van der Waals surface area (Å²) >= 11 is 11.3. The zero-order valence-corrected chi connectivity index (χ0v) is 59.2. The van der Waals surface area contributed by atoms with Crippen LogP contribution in [0.1, 0.15) is 54.7 Å². The summed E-state index contributed by atoms with van der Waals surface area (Å²) in [5.41, 5.74) is 5.87. The SMILES string of the molecule is CNC1CCCC1.COc1ccc(-c2cnn(C)c2CO)cc1.COc1ccc(-c2cnn(C)c2COC(=O)Oc2ccc([N+](=O)[O-])cc2)cc1.COc1ccc(B(O)O)cc1.Cn1ncc(Br)c1C=O.Cn1ncc(Br)c1CO.O=C(Cl)Oc1ccc([N+](=O)[O-])cc1.[B].[H-].[Na+]. The molecule has 5 aromatic carbocycles. The first-order valence-electron chi connectivity index (χ1n) is 27.7. The Labute approximate surface area is 595 Å². The van der Waals surface area contributed by atoms with Crippen molar-refractivity contribution in [2.75, 3.05) is 28.4 Å². The van der Waals surface area contributed by atoms with Crippen LogP contribution in [0.15, 0.2) is 155 Å². The number of carbonyl (C=O) groups is 3. The van der Waals surface area contributed by atoms with Crippen LogP contribution in [0.3, 0.4) is 0 Å². The molecule has 1 aliphatic rings. The van der Waals surface area contributed by atoms with E-state index in [4.69, 9.17) is 50.4 Å². The number of rotatable bonds is 16. The standard InChI is InChI=1S/C19H17N3O6.C12H14N2O2.C7H9BO3.C7H4ClNO4.C6H13N.C5H7BrN2O.C5H5BrN2O.B.Na.H/c1-21-18(17(11-20-21)13-3-7-15(26-2)8-4-13)12-27-19(23)28-16-9-5-14(6-10-16)22(24)25;1-14-12(8-15)11(7-13-14)9-3-5-10(16-2)6-4-9;1-11-7-4-2-6(3-5-7)8(9)10;8-7(10)13-6-3-1-5(2-4-6)9(11)12;1-7-6-4-2-3-5-6;2*1-8-5(3-9)4(6)2-7-8;;;/h3-11H,12H2,1-2H3;3-7,15H,8H2,1-2H3;2-5,9-10H,1H3;1-4H;6-7H,2-5H2,1H3;2,9H,3H2,1H3;2-3H,1H3;;;/q;;;;;;;;+1;-1. The van der Waals surface area contributed by atoms with E-state index in [1.54, 1.807) is 106 Å². The molecular weight excluding hydrogens is 1400 g/mol. The molecule has 0 unspecified atom stereocenters. The predicted octanol–water partition coefficient (Wildman–Crippen LogP) is 6.57. The van der Waals surface area contributed by atoms with Crippen LogP contribution in [0.2, 0.25) is 0 Å². The molecule has 1 aliphatic carbocycles. The molecule has 4 heterocycles. The normalized spacial score (nSPS) is 10.8. The van der Waals surface area contributed by atoms with Crippen LogP contribution in [-0.4, -0.2) is 137 Å². The first kappa shape index (κ1) is 82.8. The van der Waals surface area contributed by atoms with E-state index in [1.807, 2.05) is 55.6 Å². The van der Waals surface area contributed by atoms with Crippen molar-refractivity contribution in [1.29, 1.82) is 0 Å². The van der Waals surface area contributed by atoms with Gasteiger partial charge in [0.25, 0.3) is 11.4 Å². The molecule has 28 nitrogen and oxygen atoms in total. The smallest absolute Gasteiger partial charge is 1.00 e. The summed E-state index contributed by atoms with van der Waals surface area (Å²) in [5, 5.41) is 75.5. The molecule has 10 rings (SSSR count). The van der Waals surface area contributed by atoms with Crippen molar-refractivity contribution >= 4 is 93.7 Å². The van der Waals surface area contributed by atoms with Gasteiger partial charge >= 0.3 is 48.3 Å². The zero-order valence-electron chi connectivity index (χ0n) is 54.3. The molecule has 3 radical (unpaired) electrons. The first-order chi connectivity index (χ1) is 44.5. The Morgan fingerprint density at radius 3 is 1.33 bits per heavy atom. The molecule has 0 saturated heterocycles. The number of aryl methyl sites for hydroxylation is 4. The van der Waals surface area contributed by atoms with Crippen LogP contribution in [-0.2, 0) is 52.7 Å². The summed E-state index contributed by atoms with van der Waals surface area (Å²) in [4.78, 5) is 52.2. The van der Waals surface area contributed by atoms with Gasteiger partial charge in [-0.15, -0.1) is 0 Å². The van der Waals surface area contributed by atoms with Crippen molar-refractivity contribution in [3.8, 4) is 51.0 Å². The van der Waals surface area contributed by atoms with E-state index >= 15 is 0 Å². The Bertz CT molecular complexity index is 3740. The molecular formula is C61H70B2Br2ClN11NaO17. The fraction of sp³-hybridized carbons (Fsp3) is 0.262. The van der Waals surface area contributed by atoms with E-state index in [1.165, 1.54) is 78.9 Å². The van der Waals surface area contributed by atoms with Gasteiger partial charge in [0.1, 0.15) is 41.0 Å². The minimum absolute atomic E-state index is 0. The molecule has 5 N–H and O–H groups in total. The van der Waals surface area contributed by atoms with Crippen LogP contribution in [0.25, 0.3) is 22.3 Å². The summed E-state index contributed by atoms with van der Waals surface area (Å²) in [6.07, 6.45) is 12.2. The van der Waals surface area contributed by atoms with Gasteiger partial charge in [0.2, 0.25) is 0 Å². The predicted molar refractivity (Wildman–Crippen MR) is 359 cm³/mol. The monoisotopic (exact) mass is 1470 g/mol. The number of halogens is 3. The Hall–Kier alpha value is -8.27. The van der Waals surface area contributed by atoms with Crippen LogP contribution in [0.5, 0.6) is 28.7 Å². The number of hydrogen-bond donors (Lipinski definition) is 5. The number of benzene rings is 5. The van der Waals surface area contributed by atoms with E-state index in [9.17, 15) is 39.7 Å². The van der Waals surface area contributed by atoms with Gasteiger partial charge in [0.15, 0.2) is 6.29 Å². The number of nitro groups is 2. The van der Waals surface area contributed by atoms with Crippen molar-refractivity contribution in [3.05, 3.63) is 198 Å². The summed E-state index contributed by atoms with van der Waals surface area (Å²) in [6.45, 7) is -0.0430. The van der Waals surface area contributed by atoms with Gasteiger partial charge in [-0.2, -0.15) is 20.4 Å². The van der Waals surface area contributed by atoms with Crippen molar-refractivity contribution < 1.29 is 104 Å². The summed E-state index contributed by atoms with van der Waals surface area (Å²) < 4.78 is 37.8. The van der Waals surface area contributed by atoms with E-state index in [0.717, 1.165) is 66.4 Å². The van der Waals surface area contributed by atoms with Crippen molar-refractivity contribution in [3.63, 3.8) is 0 Å². The largest absolute Gasteiger partial charge is 1.00 e. The van der Waals surface area contributed by atoms with Gasteiger partial charge in [0, 0.05) is 89.6 Å². The van der Waals surface area contributed by atoms with Crippen molar-refractivity contribution in [2.24, 2.45) is 28.2 Å². The van der Waals surface area contributed by atoms with Gasteiger partial charge in [0.05, 0.1) is 95.2 Å². The van der Waals surface area contributed by atoms with E-state index in [2.05, 4.69) is 69.4 Å². The van der Waals surface area contributed by atoms with Gasteiger partial charge < -0.3 is 55.4 Å². The maximum atomic E-state index is 11.9. The van der Waals surface area contributed by atoms with E-state index < -0.39 is 28.5 Å². The number of aliphatic hydroxyl groups is 2. The third-order valence-corrected chi connectivity index (χ3v) is 14.6. The van der Waals surface area contributed by atoms with E-state index in [-0.39, 0.29) is 82.1 Å². The molecule has 0 aliphatic heterocycles. The maximum Gasteiger partial charge on any atom is 1.00 e. The third kappa shape index (κ3) is 27.5. The number of aliphatic hydroxyl groups excluding tert-OH is 2. The second kappa shape index (κ2) is 43.7. The zero-order chi connectivity index (χ0) is 68.6. The maximum absolute atomic E-state index is 11.9. The molecule has 0 spiro atoms. The topological polar surface area (TPSA) is 357 Å². The Kier molecular flexibility index (Phi) is 38.1. The Morgan fingerprint density at radius 1 is 0.621 bits per heavy atom. The number of methoxy groups -OCH3 is 3. The molecule has 95 heavy (non-hydrogen) atoms. The number of nitrogens with zero attached hydrogens (tertiary/aromatic N) is 10. The van der Waals surface area contributed by atoms with Crippen LogP contribution >= 0.6 is 43.5 Å². The summed E-state index contributed by atoms with van der Waals surface area (Å²) in [6, 6.07) is 32.7. The van der Waals surface area contributed by atoms with Gasteiger partial charge in [-0.1, -0.05) is 49.2 Å². The van der Waals surface area contributed by atoms with Crippen molar-refractivity contribution in [2.45, 2.75) is 51.5 Å². The average Bonchev–Trinajstić information content (AvgIpc) is 1.70. The van der Waals surface area contributed by atoms with Gasteiger partial charge in [-0.25, -0.2) is 9.59 Å². The van der Waals surface area contributed by atoms with Crippen LogP contribution in [0.4, 0.5) is 21.0 Å². The second-order valence-electron chi connectivity index (χ2n) is 19.1. The minimum atomic E-state index is -1.40. The fourth-order valence-electron chi connectivity index (χ4n) is 8.08. The number of aromatic nitrogens is 8. The second-order valence-corrected chi connectivity index (χ2v) is 21.1. The summed E-state index contributed by atoms with van der Waals surface area (Å²) in [7, 11) is 12.5. The van der Waals surface area contributed by atoms with Crippen LogP contribution < -0.4 is 64.0 Å². The number of non-ortho nitro benzene ring substituents is 2. The molecule has 499 valence electrons. The van der Waals surface area contributed by atoms with Crippen LogP contribution in [0, 0.1) is 20.2 Å². The molecule has 0 bridgehead atoms. The molecule has 1 saturated carbocycles. The number of aldehydes is 1. The van der Waals surface area contributed by atoms with E-state index in [0.29, 0.717) is 22.6 Å². The fourth-order valence-corrected chi connectivity index (χ4v) is 9.09. The Morgan fingerprint density at radius 2 is 1.00 bits per heavy atom. The third-order valence-electron chi connectivity index (χ3n) is 13.3. The Balaban J connectivity index is 0.000000588. The molecule has 0 atom stereocenters. The molecule has 9 aromatic rings. The number of hydrogen-bond acceptors (Lipinski definition) is 22. The molecule has 1 fully saturated rings. The average molecular weight is 1470 g/mol. The number of nitrogens with one attached hydrogen (secondary N) is 1. The first-order valence-corrected chi connectivity index (χ1v) is 29.7. The quantitative estimate of drug-likeness (QED) is 0.0130. The minimum Gasteiger partial charge on any atom is -1.00 e. The summed E-state index contributed by atoms with van der Waals surface area (Å²) in [5.74, 6) is 2.58. The van der Waals surface area contributed by atoms with Gasteiger partial charge in [-0.05, 0) is 129 Å². The number of carbonyl (C=O) groups excluding carboxylic acids is 3. The van der Waals surface area contributed by atoms with Crippen molar-refractivity contribution in [1.82, 2.24) is 44.4 Å². The molecule has 4 aromatic heterocycles. The molecule has 34 heteroatoms. The number of ether oxygens (including phenoxy) is 6. The number of nitro benzene ring substituents is 2. The van der Waals surface area contributed by atoms with Gasteiger partial charge in [-0.3, -0.25) is 43.8 Å².